The summed E-state index contributed by atoms with van der Waals surface area (Å²) in [6.45, 7) is 9.09. The van der Waals surface area contributed by atoms with Crippen LogP contribution in [-0.2, 0) is 14.9 Å². The molecule has 1 aromatic carbocycles. The van der Waals surface area contributed by atoms with Crippen LogP contribution >= 0.6 is 0 Å². The van der Waals surface area contributed by atoms with Crippen LogP contribution < -0.4 is 0 Å². The van der Waals surface area contributed by atoms with E-state index in [0.717, 1.165) is 5.56 Å². The second-order valence-corrected chi connectivity index (χ2v) is 5.38. The fourth-order valence-electron chi connectivity index (χ4n) is 2.22. The van der Waals surface area contributed by atoms with Crippen molar-refractivity contribution in [2.24, 2.45) is 5.92 Å². The molecule has 104 valence electrons. The van der Waals surface area contributed by atoms with E-state index in [1.807, 2.05) is 44.2 Å². The van der Waals surface area contributed by atoms with Crippen molar-refractivity contribution in [2.45, 2.75) is 31.8 Å². The van der Waals surface area contributed by atoms with Gasteiger partial charge in [0, 0.05) is 5.41 Å². The molecular weight excluding hydrogens is 240 g/mol. The first-order valence-electron chi connectivity index (χ1n) is 6.27. The molecule has 0 saturated heterocycles. The van der Waals surface area contributed by atoms with Crippen LogP contribution in [0, 0.1) is 5.92 Å². The molecular formula is C16H22O3. The minimum atomic E-state index is -1.30. The second kappa shape index (κ2) is 5.57. The van der Waals surface area contributed by atoms with Crippen LogP contribution in [0.1, 0.15) is 26.3 Å². The summed E-state index contributed by atoms with van der Waals surface area (Å²) < 4.78 is 4.75. The number of hydrogen-bond acceptors (Lipinski definition) is 3. The molecule has 0 amide bonds. The molecule has 0 heterocycles. The third-order valence-corrected chi connectivity index (χ3v) is 4.06. The Balaban J connectivity index is 3.23. The quantitative estimate of drug-likeness (QED) is 0.655. The average molecular weight is 262 g/mol. The maximum atomic E-state index is 11.8. The number of benzene rings is 1. The Hall–Kier alpha value is -1.61. The van der Waals surface area contributed by atoms with Crippen LogP contribution in [-0.4, -0.2) is 23.8 Å². The van der Waals surface area contributed by atoms with Gasteiger partial charge in [-0.25, -0.2) is 0 Å². The van der Waals surface area contributed by atoms with Crippen molar-refractivity contribution < 1.29 is 14.6 Å². The van der Waals surface area contributed by atoms with E-state index in [4.69, 9.17) is 4.74 Å². The topological polar surface area (TPSA) is 46.5 Å². The first-order chi connectivity index (χ1) is 8.79. The monoisotopic (exact) mass is 262 g/mol. The molecule has 0 aliphatic carbocycles. The lowest BCUT2D eigenvalue weighted by Crippen LogP contribution is -2.53. The van der Waals surface area contributed by atoms with Gasteiger partial charge in [-0.05, 0) is 12.5 Å². The SMILES string of the molecule is C=C[C@@H](C(=O)OC)[C@](C)(O)C(C)(C)c1ccccc1. The molecule has 0 bridgehead atoms. The number of ether oxygens (including phenoxy) is 1. The van der Waals surface area contributed by atoms with E-state index in [9.17, 15) is 9.90 Å². The highest BCUT2D eigenvalue weighted by atomic mass is 16.5. The predicted molar refractivity (Wildman–Crippen MR) is 75.8 cm³/mol. The Morgan fingerprint density at radius 1 is 1.32 bits per heavy atom. The largest absolute Gasteiger partial charge is 0.468 e. The van der Waals surface area contributed by atoms with Crippen LogP contribution in [0.2, 0.25) is 0 Å². The molecule has 0 aromatic heterocycles. The van der Waals surface area contributed by atoms with Gasteiger partial charge < -0.3 is 9.84 Å². The summed E-state index contributed by atoms with van der Waals surface area (Å²) in [6.07, 6.45) is 1.44. The van der Waals surface area contributed by atoms with Gasteiger partial charge in [0.1, 0.15) is 5.92 Å². The number of rotatable bonds is 5. The lowest BCUT2D eigenvalue weighted by atomic mass is 9.65. The van der Waals surface area contributed by atoms with Crippen molar-refractivity contribution in [3.05, 3.63) is 48.6 Å². The molecule has 0 radical (unpaired) electrons. The summed E-state index contributed by atoms with van der Waals surface area (Å²) in [5.41, 5.74) is -0.972. The maximum absolute atomic E-state index is 11.8. The van der Waals surface area contributed by atoms with Crippen LogP contribution in [0.3, 0.4) is 0 Å². The summed E-state index contributed by atoms with van der Waals surface area (Å²) in [5, 5.41) is 10.9. The molecule has 1 N–H and O–H groups in total. The van der Waals surface area contributed by atoms with Gasteiger partial charge >= 0.3 is 5.97 Å². The lowest BCUT2D eigenvalue weighted by Gasteiger charge is -2.43. The summed E-state index contributed by atoms with van der Waals surface area (Å²) in [7, 11) is 1.31. The molecule has 19 heavy (non-hydrogen) atoms. The third kappa shape index (κ3) is 2.71. The minimum Gasteiger partial charge on any atom is -0.468 e. The molecule has 3 nitrogen and oxygen atoms in total. The summed E-state index contributed by atoms with van der Waals surface area (Å²) in [4.78, 5) is 11.8. The zero-order chi connectivity index (χ0) is 14.7. The smallest absolute Gasteiger partial charge is 0.315 e. The Kier molecular flexibility index (Phi) is 4.53. The summed E-state index contributed by atoms with van der Waals surface area (Å²) in [6, 6.07) is 9.61. The van der Waals surface area contributed by atoms with Crippen LogP contribution in [0.15, 0.2) is 43.0 Å². The predicted octanol–water partition coefficient (Wildman–Crippen LogP) is 2.69. The standard InChI is InChI=1S/C16H22O3/c1-6-13(14(17)19-5)16(4,18)15(2,3)12-10-8-7-9-11-12/h6-11,13,18H,1H2,2-5H3/t13-,16-/m0/s1. The molecule has 0 aliphatic heterocycles. The van der Waals surface area contributed by atoms with Crippen molar-refractivity contribution in [3.8, 4) is 0 Å². The van der Waals surface area contributed by atoms with E-state index in [1.54, 1.807) is 6.92 Å². The van der Waals surface area contributed by atoms with Gasteiger partial charge in [-0.2, -0.15) is 0 Å². The fourth-order valence-corrected chi connectivity index (χ4v) is 2.22. The van der Waals surface area contributed by atoms with Crippen molar-refractivity contribution in [1.29, 1.82) is 0 Å². The Bertz CT molecular complexity index is 446. The fraction of sp³-hybridized carbons (Fsp3) is 0.438. The highest BCUT2D eigenvalue weighted by Crippen LogP contribution is 2.40. The van der Waals surface area contributed by atoms with Gasteiger partial charge in [0.25, 0.3) is 0 Å². The van der Waals surface area contributed by atoms with E-state index >= 15 is 0 Å². The molecule has 0 fully saturated rings. The molecule has 3 heteroatoms. The normalized spacial score (nSPS) is 16.3. The molecule has 1 aromatic rings. The molecule has 1 rings (SSSR count). The number of aliphatic hydroxyl groups is 1. The molecule has 2 atom stereocenters. The zero-order valence-electron chi connectivity index (χ0n) is 12.0. The highest BCUT2D eigenvalue weighted by molar-refractivity contribution is 5.76. The Morgan fingerprint density at radius 3 is 2.26 bits per heavy atom. The maximum Gasteiger partial charge on any atom is 0.315 e. The average Bonchev–Trinajstić information content (AvgIpc) is 2.39. The van der Waals surface area contributed by atoms with Crippen LogP contribution in [0.25, 0.3) is 0 Å². The van der Waals surface area contributed by atoms with Gasteiger partial charge in [-0.1, -0.05) is 50.3 Å². The highest BCUT2D eigenvalue weighted by Gasteiger charge is 2.48. The summed E-state index contributed by atoms with van der Waals surface area (Å²) >= 11 is 0. The zero-order valence-corrected chi connectivity index (χ0v) is 12.0. The van der Waals surface area contributed by atoms with E-state index in [0.29, 0.717) is 0 Å². The lowest BCUT2D eigenvalue weighted by molar-refractivity contribution is -0.155. The van der Waals surface area contributed by atoms with E-state index in [1.165, 1.54) is 13.2 Å². The van der Waals surface area contributed by atoms with Gasteiger partial charge in [0.2, 0.25) is 0 Å². The van der Waals surface area contributed by atoms with E-state index < -0.39 is 22.9 Å². The number of carbonyl (C=O) groups excluding carboxylic acids is 1. The van der Waals surface area contributed by atoms with Crippen molar-refractivity contribution in [3.63, 3.8) is 0 Å². The van der Waals surface area contributed by atoms with Crippen LogP contribution in [0.5, 0.6) is 0 Å². The van der Waals surface area contributed by atoms with Crippen LogP contribution in [0.4, 0.5) is 0 Å². The van der Waals surface area contributed by atoms with Crippen molar-refractivity contribution in [1.82, 2.24) is 0 Å². The second-order valence-electron chi connectivity index (χ2n) is 5.38. The third-order valence-electron chi connectivity index (χ3n) is 4.06. The Morgan fingerprint density at radius 2 is 1.84 bits per heavy atom. The first kappa shape index (κ1) is 15.4. The van der Waals surface area contributed by atoms with Gasteiger partial charge in [-0.3, -0.25) is 4.79 Å². The Labute approximate surface area is 114 Å². The number of methoxy groups -OCH3 is 1. The first-order valence-corrected chi connectivity index (χ1v) is 6.27. The minimum absolute atomic E-state index is 0.482. The number of hydrogen-bond donors (Lipinski definition) is 1. The van der Waals surface area contributed by atoms with E-state index in [-0.39, 0.29) is 0 Å². The van der Waals surface area contributed by atoms with Crippen molar-refractivity contribution in [2.75, 3.05) is 7.11 Å². The molecule has 0 aliphatic rings. The number of carbonyl (C=O) groups is 1. The van der Waals surface area contributed by atoms with Crippen molar-refractivity contribution >= 4 is 5.97 Å². The molecule has 0 spiro atoms. The number of esters is 1. The van der Waals surface area contributed by atoms with Gasteiger partial charge in [0.05, 0.1) is 12.7 Å². The molecule has 0 unspecified atom stereocenters. The van der Waals surface area contributed by atoms with E-state index in [2.05, 4.69) is 6.58 Å². The summed E-state index contributed by atoms with van der Waals surface area (Å²) in [5.74, 6) is -1.27. The molecule has 0 saturated carbocycles. The van der Waals surface area contributed by atoms with Gasteiger partial charge in [0.15, 0.2) is 0 Å². The van der Waals surface area contributed by atoms with Gasteiger partial charge in [-0.15, -0.1) is 6.58 Å².